The molecule has 0 amide bonds. The molecular formula is C7H5FNO2. The molecule has 0 aliphatic rings. The lowest BCUT2D eigenvalue weighted by molar-refractivity contribution is 0.0594. The van der Waals surface area contributed by atoms with Crippen LogP contribution in [0.15, 0.2) is 12.1 Å². The minimum absolute atomic E-state index is 0.0499. The van der Waals surface area contributed by atoms with Gasteiger partial charge in [-0.25, -0.2) is 14.2 Å². The smallest absolute Gasteiger partial charge is 0.356 e. The zero-order chi connectivity index (χ0) is 8.27. The van der Waals surface area contributed by atoms with E-state index in [-0.39, 0.29) is 5.69 Å². The summed E-state index contributed by atoms with van der Waals surface area (Å²) in [6.07, 6.45) is 2.00. The standard InChI is InChI=1S/C7H5FNO2/c1-11-7(10)6-3-2-5(8)4-9-6/h2-3H,1H3. The fraction of sp³-hybridized carbons (Fsp3) is 0.143. The van der Waals surface area contributed by atoms with E-state index in [2.05, 4.69) is 9.72 Å². The number of halogens is 1. The minimum Gasteiger partial charge on any atom is -0.464 e. The maximum atomic E-state index is 12.2. The Morgan fingerprint density at radius 2 is 2.45 bits per heavy atom. The van der Waals surface area contributed by atoms with Crippen LogP contribution < -0.4 is 0 Å². The Morgan fingerprint density at radius 3 is 2.91 bits per heavy atom. The predicted octanol–water partition coefficient (Wildman–Crippen LogP) is 0.807. The fourth-order valence-electron chi connectivity index (χ4n) is 0.559. The van der Waals surface area contributed by atoms with Crippen molar-refractivity contribution in [1.82, 2.24) is 4.98 Å². The van der Waals surface area contributed by atoms with Crippen LogP contribution in [-0.2, 0) is 4.74 Å². The van der Waals surface area contributed by atoms with Gasteiger partial charge in [0.15, 0.2) is 5.82 Å². The summed E-state index contributed by atoms with van der Waals surface area (Å²) < 4.78 is 16.5. The summed E-state index contributed by atoms with van der Waals surface area (Å²) in [5, 5.41) is 0. The van der Waals surface area contributed by atoms with Gasteiger partial charge in [-0.05, 0) is 12.1 Å². The largest absolute Gasteiger partial charge is 0.464 e. The highest BCUT2D eigenvalue weighted by Gasteiger charge is 2.05. The van der Waals surface area contributed by atoms with Crippen molar-refractivity contribution in [3.8, 4) is 0 Å². The number of hydrogen-bond acceptors (Lipinski definition) is 3. The SMILES string of the molecule is COC(=O)c1ccc(F)[c]n1. The Balaban J connectivity index is 2.90. The Hall–Kier alpha value is -1.45. The minimum atomic E-state index is -0.599. The number of rotatable bonds is 1. The molecule has 0 saturated heterocycles. The average Bonchev–Trinajstić information content (AvgIpc) is 2.05. The summed E-state index contributed by atoms with van der Waals surface area (Å²) >= 11 is 0. The topological polar surface area (TPSA) is 39.2 Å². The molecule has 1 heterocycles. The number of carbonyl (C=O) groups is 1. The number of nitrogens with zero attached hydrogens (tertiary/aromatic N) is 1. The second-order valence-electron chi connectivity index (χ2n) is 1.78. The van der Waals surface area contributed by atoms with Crippen LogP contribution in [0.5, 0.6) is 0 Å². The Bertz CT molecular complexity index is 258. The van der Waals surface area contributed by atoms with Gasteiger partial charge in [0.2, 0.25) is 0 Å². The molecule has 1 aromatic heterocycles. The summed E-state index contributed by atoms with van der Waals surface area (Å²) in [5.41, 5.74) is 0.0499. The van der Waals surface area contributed by atoms with E-state index in [4.69, 9.17) is 0 Å². The Morgan fingerprint density at radius 1 is 1.73 bits per heavy atom. The molecule has 1 radical (unpaired) electrons. The third kappa shape index (κ3) is 1.73. The molecule has 1 aromatic rings. The monoisotopic (exact) mass is 154 g/mol. The van der Waals surface area contributed by atoms with E-state index in [1.165, 1.54) is 13.2 Å². The van der Waals surface area contributed by atoms with E-state index in [1.807, 2.05) is 6.20 Å². The fourth-order valence-corrected chi connectivity index (χ4v) is 0.559. The van der Waals surface area contributed by atoms with Crippen molar-refractivity contribution in [1.29, 1.82) is 0 Å². The summed E-state index contributed by atoms with van der Waals surface area (Å²) in [6, 6.07) is 2.33. The van der Waals surface area contributed by atoms with E-state index in [0.717, 1.165) is 6.07 Å². The van der Waals surface area contributed by atoms with Crippen molar-refractivity contribution in [2.45, 2.75) is 0 Å². The lowest BCUT2D eigenvalue weighted by Crippen LogP contribution is -2.03. The Kier molecular flexibility index (Phi) is 2.15. The summed E-state index contributed by atoms with van der Waals surface area (Å²) in [4.78, 5) is 14.1. The highest BCUT2D eigenvalue weighted by atomic mass is 19.1. The molecule has 0 N–H and O–H groups in total. The zero-order valence-corrected chi connectivity index (χ0v) is 5.80. The second kappa shape index (κ2) is 3.09. The van der Waals surface area contributed by atoms with Crippen molar-refractivity contribution in [3.05, 3.63) is 29.8 Å². The Labute approximate surface area is 62.8 Å². The number of methoxy groups -OCH3 is 1. The molecule has 0 saturated carbocycles. The zero-order valence-electron chi connectivity index (χ0n) is 5.80. The molecular weight excluding hydrogens is 149 g/mol. The number of ether oxygens (including phenoxy) is 1. The van der Waals surface area contributed by atoms with E-state index >= 15 is 0 Å². The lowest BCUT2D eigenvalue weighted by Gasteiger charge is -1.95. The van der Waals surface area contributed by atoms with Crippen molar-refractivity contribution < 1.29 is 13.9 Å². The van der Waals surface area contributed by atoms with Crippen LogP contribution in [0.2, 0.25) is 0 Å². The molecule has 3 nitrogen and oxygen atoms in total. The first-order chi connectivity index (χ1) is 5.24. The average molecular weight is 154 g/mol. The van der Waals surface area contributed by atoms with Crippen LogP contribution in [0.4, 0.5) is 4.39 Å². The van der Waals surface area contributed by atoms with Crippen LogP contribution in [0, 0.1) is 12.0 Å². The van der Waals surface area contributed by atoms with Gasteiger partial charge in [-0.1, -0.05) is 0 Å². The molecule has 0 unspecified atom stereocenters. The molecule has 0 bridgehead atoms. The van der Waals surface area contributed by atoms with Crippen molar-refractivity contribution in [3.63, 3.8) is 0 Å². The third-order valence-corrected chi connectivity index (χ3v) is 1.07. The van der Waals surface area contributed by atoms with Gasteiger partial charge in [-0.15, -0.1) is 0 Å². The second-order valence-corrected chi connectivity index (χ2v) is 1.78. The van der Waals surface area contributed by atoms with Gasteiger partial charge in [0.25, 0.3) is 0 Å². The lowest BCUT2D eigenvalue weighted by atomic mass is 10.3. The van der Waals surface area contributed by atoms with Gasteiger partial charge in [0.1, 0.15) is 11.9 Å². The first kappa shape index (κ1) is 7.65. The highest BCUT2D eigenvalue weighted by molar-refractivity contribution is 5.86. The molecule has 4 heteroatoms. The van der Waals surface area contributed by atoms with Crippen LogP contribution in [0.25, 0.3) is 0 Å². The van der Waals surface area contributed by atoms with Gasteiger partial charge in [0, 0.05) is 0 Å². The van der Waals surface area contributed by atoms with Gasteiger partial charge >= 0.3 is 5.97 Å². The summed E-state index contributed by atoms with van der Waals surface area (Å²) in [5.74, 6) is -1.20. The van der Waals surface area contributed by atoms with Gasteiger partial charge in [-0.3, -0.25) is 0 Å². The molecule has 0 aliphatic carbocycles. The first-order valence-electron chi connectivity index (χ1n) is 2.86. The van der Waals surface area contributed by atoms with E-state index in [0.29, 0.717) is 0 Å². The number of hydrogen-bond donors (Lipinski definition) is 0. The van der Waals surface area contributed by atoms with Crippen molar-refractivity contribution >= 4 is 5.97 Å². The molecule has 0 fully saturated rings. The van der Waals surface area contributed by atoms with Gasteiger partial charge < -0.3 is 4.74 Å². The number of aromatic nitrogens is 1. The maximum Gasteiger partial charge on any atom is 0.356 e. The van der Waals surface area contributed by atoms with Crippen LogP contribution in [-0.4, -0.2) is 18.1 Å². The molecule has 0 atom stereocenters. The quantitative estimate of drug-likeness (QED) is 0.562. The number of pyridine rings is 1. The summed E-state index contributed by atoms with van der Waals surface area (Å²) in [6.45, 7) is 0. The molecule has 0 aromatic carbocycles. The van der Waals surface area contributed by atoms with Crippen LogP contribution >= 0.6 is 0 Å². The number of carbonyl (C=O) groups excluding carboxylic acids is 1. The van der Waals surface area contributed by atoms with Crippen LogP contribution in [0.1, 0.15) is 10.5 Å². The summed E-state index contributed by atoms with van der Waals surface area (Å²) in [7, 11) is 1.23. The van der Waals surface area contributed by atoms with E-state index in [1.54, 1.807) is 0 Å². The van der Waals surface area contributed by atoms with Gasteiger partial charge in [-0.2, -0.15) is 0 Å². The molecule has 1 rings (SSSR count). The van der Waals surface area contributed by atoms with Crippen LogP contribution in [0.3, 0.4) is 0 Å². The molecule has 57 valence electrons. The predicted molar refractivity (Wildman–Crippen MR) is 34.4 cm³/mol. The molecule has 0 aliphatic heterocycles. The first-order valence-corrected chi connectivity index (χ1v) is 2.86. The normalized spacial score (nSPS) is 9.27. The molecule has 11 heavy (non-hydrogen) atoms. The van der Waals surface area contributed by atoms with E-state index < -0.39 is 11.8 Å². The molecule has 0 spiro atoms. The third-order valence-electron chi connectivity index (χ3n) is 1.07. The highest BCUT2D eigenvalue weighted by Crippen LogP contribution is 1.98. The van der Waals surface area contributed by atoms with Gasteiger partial charge in [0.05, 0.1) is 7.11 Å². The van der Waals surface area contributed by atoms with Crippen molar-refractivity contribution in [2.24, 2.45) is 0 Å². The van der Waals surface area contributed by atoms with E-state index in [9.17, 15) is 9.18 Å². The number of esters is 1. The maximum absolute atomic E-state index is 12.2. The van der Waals surface area contributed by atoms with Crippen molar-refractivity contribution in [2.75, 3.05) is 7.11 Å².